The van der Waals surface area contributed by atoms with E-state index in [-0.39, 0.29) is 35.6 Å². The van der Waals surface area contributed by atoms with E-state index in [9.17, 15) is 9.59 Å². The molecule has 1 fully saturated rings. The molecule has 4 rings (SSSR count). The average Bonchev–Trinajstić information content (AvgIpc) is 2.76. The normalized spacial score (nSPS) is 23.1. The molecule has 0 amide bonds. The Kier molecular flexibility index (Phi) is 6.23. The third kappa shape index (κ3) is 4.43. The number of carbonyl (C=O) groups excluding carboxylic acids is 2. The smallest absolute Gasteiger partial charge is 0.339 e. The largest absolute Gasteiger partial charge is 0.493 e. The second-order valence-electron chi connectivity index (χ2n) is 7.55. The predicted octanol–water partition coefficient (Wildman–Crippen LogP) is 5.23. The standard InChI is InChI=1S/C24H23BrO5/c1-2-15-7-9-16(10-8-15)29-22-14-28-21-13-17(11-12-19(21)23(22)26)30-24(27)18-5-3-4-6-20(18)25/h3-10,14,17,19,21H,2,11-13H2,1H3. The molecule has 1 aliphatic carbocycles. The first-order chi connectivity index (χ1) is 14.5. The Bertz CT molecular complexity index is 966. The van der Waals surface area contributed by atoms with Crippen LogP contribution in [0.3, 0.4) is 0 Å². The van der Waals surface area contributed by atoms with Gasteiger partial charge in [0.15, 0.2) is 0 Å². The molecule has 2 aromatic rings. The molecular weight excluding hydrogens is 448 g/mol. The van der Waals surface area contributed by atoms with E-state index in [0.717, 1.165) is 6.42 Å². The number of benzene rings is 2. The summed E-state index contributed by atoms with van der Waals surface area (Å²) in [6.07, 6.45) is 3.45. The van der Waals surface area contributed by atoms with E-state index < -0.39 is 0 Å². The van der Waals surface area contributed by atoms with Gasteiger partial charge in [0.1, 0.15) is 24.2 Å². The molecule has 0 N–H and O–H groups in total. The maximum atomic E-state index is 12.9. The Balaban J connectivity index is 1.38. The van der Waals surface area contributed by atoms with Crippen LogP contribution in [-0.4, -0.2) is 24.0 Å². The second kappa shape index (κ2) is 9.04. The molecule has 0 aromatic heterocycles. The lowest BCUT2D eigenvalue weighted by Crippen LogP contribution is -2.43. The number of aryl methyl sites for hydroxylation is 1. The Morgan fingerprint density at radius 2 is 1.90 bits per heavy atom. The zero-order chi connectivity index (χ0) is 21.1. The molecule has 0 bridgehead atoms. The first kappa shape index (κ1) is 20.7. The Labute approximate surface area is 184 Å². The van der Waals surface area contributed by atoms with E-state index in [1.807, 2.05) is 30.3 Å². The quantitative estimate of drug-likeness (QED) is 0.560. The first-order valence-corrected chi connectivity index (χ1v) is 11.0. The van der Waals surface area contributed by atoms with E-state index in [2.05, 4.69) is 22.9 Å². The molecule has 3 unspecified atom stereocenters. The number of esters is 1. The highest BCUT2D eigenvalue weighted by molar-refractivity contribution is 9.10. The molecule has 1 saturated carbocycles. The van der Waals surface area contributed by atoms with Crippen LogP contribution in [0.25, 0.3) is 0 Å². The van der Waals surface area contributed by atoms with E-state index in [1.165, 1.54) is 11.8 Å². The van der Waals surface area contributed by atoms with Crippen LogP contribution in [-0.2, 0) is 20.7 Å². The van der Waals surface area contributed by atoms with Crippen LogP contribution in [0.15, 0.2) is 65.0 Å². The monoisotopic (exact) mass is 470 g/mol. The van der Waals surface area contributed by atoms with Crippen LogP contribution in [0.2, 0.25) is 0 Å². The van der Waals surface area contributed by atoms with Gasteiger partial charge in [-0.1, -0.05) is 31.2 Å². The van der Waals surface area contributed by atoms with Crippen molar-refractivity contribution >= 4 is 27.7 Å². The fourth-order valence-electron chi connectivity index (χ4n) is 3.88. The summed E-state index contributed by atoms with van der Waals surface area (Å²) in [5.41, 5.74) is 1.70. The number of allylic oxidation sites excluding steroid dienone is 1. The lowest BCUT2D eigenvalue weighted by Gasteiger charge is -2.36. The van der Waals surface area contributed by atoms with Crippen molar-refractivity contribution < 1.29 is 23.8 Å². The molecule has 6 heteroatoms. The maximum Gasteiger partial charge on any atom is 0.339 e. The van der Waals surface area contributed by atoms with Gasteiger partial charge in [-0.25, -0.2) is 4.79 Å². The average molecular weight is 471 g/mol. The van der Waals surface area contributed by atoms with Gasteiger partial charge in [0, 0.05) is 10.9 Å². The Hall–Kier alpha value is -2.60. The van der Waals surface area contributed by atoms with Crippen LogP contribution < -0.4 is 4.74 Å². The van der Waals surface area contributed by atoms with Crippen molar-refractivity contribution in [3.63, 3.8) is 0 Å². The molecule has 1 aliphatic heterocycles. The molecule has 3 atom stereocenters. The first-order valence-electron chi connectivity index (χ1n) is 10.2. The van der Waals surface area contributed by atoms with Crippen LogP contribution in [0.5, 0.6) is 5.75 Å². The van der Waals surface area contributed by atoms with Crippen molar-refractivity contribution in [2.45, 2.75) is 44.8 Å². The molecule has 5 nitrogen and oxygen atoms in total. The summed E-state index contributed by atoms with van der Waals surface area (Å²) >= 11 is 3.37. The van der Waals surface area contributed by atoms with Crippen molar-refractivity contribution in [1.82, 2.24) is 0 Å². The number of Topliss-reactive ketones (excluding diaryl/α,β-unsaturated/α-hetero) is 1. The van der Waals surface area contributed by atoms with Crippen LogP contribution in [0.4, 0.5) is 0 Å². The number of rotatable bonds is 5. The maximum absolute atomic E-state index is 12.9. The fourth-order valence-corrected chi connectivity index (χ4v) is 4.32. The van der Waals surface area contributed by atoms with Gasteiger partial charge in [0.05, 0.1) is 11.5 Å². The summed E-state index contributed by atoms with van der Waals surface area (Å²) in [6.45, 7) is 2.09. The minimum absolute atomic E-state index is 0.0543. The lowest BCUT2D eigenvalue weighted by molar-refractivity contribution is -0.132. The molecular formula is C24H23BrO5. The highest BCUT2D eigenvalue weighted by Crippen LogP contribution is 2.35. The van der Waals surface area contributed by atoms with Crippen LogP contribution in [0, 0.1) is 5.92 Å². The zero-order valence-corrected chi connectivity index (χ0v) is 18.3. The number of ether oxygens (including phenoxy) is 3. The highest BCUT2D eigenvalue weighted by Gasteiger charge is 2.42. The van der Waals surface area contributed by atoms with E-state index in [0.29, 0.717) is 35.0 Å². The van der Waals surface area contributed by atoms with Crippen molar-refractivity contribution in [2.75, 3.05) is 0 Å². The second-order valence-corrected chi connectivity index (χ2v) is 8.40. The van der Waals surface area contributed by atoms with Crippen molar-refractivity contribution in [3.8, 4) is 5.75 Å². The van der Waals surface area contributed by atoms with Crippen molar-refractivity contribution in [1.29, 1.82) is 0 Å². The van der Waals surface area contributed by atoms with Crippen molar-refractivity contribution in [2.24, 2.45) is 5.92 Å². The van der Waals surface area contributed by atoms with Crippen LogP contribution in [0.1, 0.15) is 42.1 Å². The molecule has 156 valence electrons. The molecule has 0 spiro atoms. The fraction of sp³-hybridized carbons (Fsp3) is 0.333. The van der Waals surface area contributed by atoms with E-state index in [1.54, 1.807) is 18.2 Å². The van der Waals surface area contributed by atoms with Crippen LogP contribution >= 0.6 is 15.9 Å². The molecule has 2 aliphatic rings. The summed E-state index contributed by atoms with van der Waals surface area (Å²) in [6, 6.07) is 14.8. The molecule has 0 radical (unpaired) electrons. The van der Waals surface area contributed by atoms with Gasteiger partial charge in [-0.05, 0) is 65.0 Å². The van der Waals surface area contributed by atoms with Gasteiger partial charge in [-0.15, -0.1) is 0 Å². The van der Waals surface area contributed by atoms with Gasteiger partial charge in [-0.3, -0.25) is 4.79 Å². The number of carbonyl (C=O) groups is 2. The molecule has 0 saturated heterocycles. The third-order valence-electron chi connectivity index (χ3n) is 5.60. The van der Waals surface area contributed by atoms with Gasteiger partial charge in [-0.2, -0.15) is 0 Å². The summed E-state index contributed by atoms with van der Waals surface area (Å²) in [4.78, 5) is 25.4. The summed E-state index contributed by atoms with van der Waals surface area (Å²) in [5, 5.41) is 0. The third-order valence-corrected chi connectivity index (χ3v) is 6.29. The number of hydrogen-bond donors (Lipinski definition) is 0. The minimum atomic E-state index is -0.372. The lowest BCUT2D eigenvalue weighted by atomic mass is 9.80. The van der Waals surface area contributed by atoms with Gasteiger partial charge in [0.25, 0.3) is 0 Å². The number of fused-ring (bicyclic) bond motifs is 1. The summed E-state index contributed by atoms with van der Waals surface area (Å²) in [5.74, 6) is 0.136. The molecule has 2 aromatic carbocycles. The van der Waals surface area contributed by atoms with Gasteiger partial charge < -0.3 is 14.2 Å². The molecule has 30 heavy (non-hydrogen) atoms. The Morgan fingerprint density at radius 3 is 2.63 bits per heavy atom. The predicted molar refractivity (Wildman–Crippen MR) is 115 cm³/mol. The Morgan fingerprint density at radius 1 is 1.13 bits per heavy atom. The minimum Gasteiger partial charge on any atom is -0.493 e. The topological polar surface area (TPSA) is 61.8 Å². The van der Waals surface area contributed by atoms with Gasteiger partial charge in [0.2, 0.25) is 11.5 Å². The molecule has 1 heterocycles. The van der Waals surface area contributed by atoms with Crippen molar-refractivity contribution in [3.05, 3.63) is 76.2 Å². The number of ketones is 1. The number of hydrogen-bond acceptors (Lipinski definition) is 5. The van der Waals surface area contributed by atoms with E-state index in [4.69, 9.17) is 14.2 Å². The SMILES string of the molecule is CCc1ccc(OC2=COC3CC(OC(=O)c4ccccc4Br)CCC3C2=O)cc1. The zero-order valence-electron chi connectivity index (χ0n) is 16.7. The van der Waals surface area contributed by atoms with Gasteiger partial charge >= 0.3 is 5.97 Å². The van der Waals surface area contributed by atoms with E-state index >= 15 is 0 Å². The summed E-state index contributed by atoms with van der Waals surface area (Å²) < 4.78 is 18.0. The highest BCUT2D eigenvalue weighted by atomic mass is 79.9. The summed E-state index contributed by atoms with van der Waals surface area (Å²) in [7, 11) is 0. The number of halogens is 1.